The average molecular weight is 473 g/mol. The number of hydrogen-bond donors (Lipinski definition) is 0. The zero-order chi connectivity index (χ0) is 24.2. The third-order valence-electron chi connectivity index (χ3n) is 6.60. The van der Waals surface area contributed by atoms with Gasteiger partial charge in [-0.25, -0.2) is 5.01 Å². The number of para-hydroxylation sites is 1. The van der Waals surface area contributed by atoms with Crippen molar-refractivity contribution in [2.75, 3.05) is 20.8 Å². The van der Waals surface area contributed by atoms with Gasteiger partial charge in [-0.15, -0.1) is 0 Å². The van der Waals surface area contributed by atoms with E-state index in [2.05, 4.69) is 36.2 Å². The van der Waals surface area contributed by atoms with Crippen molar-refractivity contribution in [2.24, 2.45) is 5.10 Å². The minimum atomic E-state index is -0.367. The second-order valence-corrected chi connectivity index (χ2v) is 8.85. The van der Waals surface area contributed by atoms with Gasteiger partial charge in [0, 0.05) is 17.5 Å². The number of benzene rings is 3. The Morgan fingerprint density at radius 3 is 2.54 bits per heavy atom. The quantitative estimate of drug-likeness (QED) is 0.332. The zero-order valence-corrected chi connectivity index (χ0v) is 20.6. The lowest BCUT2D eigenvalue weighted by Gasteiger charge is -2.38. The van der Waals surface area contributed by atoms with E-state index >= 15 is 0 Å². The Balaban J connectivity index is 1.46. The minimum Gasteiger partial charge on any atom is -0.497 e. The van der Waals surface area contributed by atoms with Crippen LogP contribution in [0.3, 0.4) is 0 Å². The predicted octanol–water partition coefficient (Wildman–Crippen LogP) is 6.52. The third kappa shape index (κ3) is 4.65. The molecule has 0 aromatic heterocycles. The van der Waals surface area contributed by atoms with E-state index in [-0.39, 0.29) is 12.3 Å². The first-order valence-corrected chi connectivity index (χ1v) is 12.3. The summed E-state index contributed by atoms with van der Waals surface area (Å²) in [7, 11) is 3.35. The summed E-state index contributed by atoms with van der Waals surface area (Å²) >= 11 is 0. The molecule has 35 heavy (non-hydrogen) atoms. The van der Waals surface area contributed by atoms with E-state index in [9.17, 15) is 0 Å². The molecule has 0 aliphatic carbocycles. The van der Waals surface area contributed by atoms with Crippen LogP contribution < -0.4 is 18.9 Å². The maximum absolute atomic E-state index is 6.51. The fraction of sp³-hybridized carbons (Fsp3) is 0.345. The topological polar surface area (TPSA) is 52.5 Å². The highest BCUT2D eigenvalue weighted by Crippen LogP contribution is 2.48. The Morgan fingerprint density at radius 1 is 0.943 bits per heavy atom. The van der Waals surface area contributed by atoms with Crippen LogP contribution in [0.4, 0.5) is 0 Å². The molecular weight excluding hydrogens is 440 g/mol. The summed E-state index contributed by atoms with van der Waals surface area (Å²) in [5.41, 5.74) is 4.25. The molecule has 2 heterocycles. The Morgan fingerprint density at radius 2 is 1.77 bits per heavy atom. The molecule has 6 heteroatoms. The highest BCUT2D eigenvalue weighted by atomic mass is 16.5. The molecule has 2 atom stereocenters. The molecule has 0 N–H and O–H groups in total. The van der Waals surface area contributed by atoms with E-state index in [1.807, 2.05) is 42.5 Å². The lowest BCUT2D eigenvalue weighted by molar-refractivity contribution is -0.0191. The summed E-state index contributed by atoms with van der Waals surface area (Å²) in [4.78, 5) is 0. The normalized spacial score (nSPS) is 18.3. The smallest absolute Gasteiger partial charge is 0.214 e. The number of hydrazone groups is 1. The first-order valence-electron chi connectivity index (χ1n) is 12.3. The van der Waals surface area contributed by atoms with Crippen molar-refractivity contribution < 1.29 is 18.9 Å². The van der Waals surface area contributed by atoms with Crippen LogP contribution in [-0.2, 0) is 0 Å². The second kappa shape index (κ2) is 10.3. The summed E-state index contributed by atoms with van der Waals surface area (Å²) < 4.78 is 23.5. The van der Waals surface area contributed by atoms with Crippen molar-refractivity contribution in [3.63, 3.8) is 0 Å². The van der Waals surface area contributed by atoms with E-state index in [1.54, 1.807) is 14.2 Å². The Bertz CT molecular complexity index is 1190. The molecule has 182 valence electrons. The lowest BCUT2D eigenvalue weighted by Crippen LogP contribution is -2.33. The third-order valence-corrected chi connectivity index (χ3v) is 6.60. The zero-order valence-electron chi connectivity index (χ0n) is 20.6. The standard InChI is InChI=1S/C29H32N2O4/c1-4-5-8-17-34-27-16-13-21(18-28(27)33-3)29-31-25(23-9-6-7-10-26(23)35-29)19-24(30-31)20-11-14-22(32-2)15-12-20/h6-7,9-16,18,25,29H,4-5,8,17,19H2,1-3H3. The Labute approximate surface area is 207 Å². The number of fused-ring (bicyclic) bond motifs is 3. The van der Waals surface area contributed by atoms with E-state index in [0.29, 0.717) is 12.4 Å². The summed E-state index contributed by atoms with van der Waals surface area (Å²) in [5.74, 6) is 3.19. The lowest BCUT2D eigenvalue weighted by atomic mass is 9.96. The van der Waals surface area contributed by atoms with E-state index < -0.39 is 0 Å². The van der Waals surface area contributed by atoms with E-state index in [0.717, 1.165) is 65.3 Å². The van der Waals surface area contributed by atoms with Gasteiger partial charge in [-0.05, 0) is 60.5 Å². The molecule has 0 saturated carbocycles. The van der Waals surface area contributed by atoms with Gasteiger partial charge < -0.3 is 18.9 Å². The molecule has 0 bridgehead atoms. The van der Waals surface area contributed by atoms with Gasteiger partial charge in [0.1, 0.15) is 11.5 Å². The van der Waals surface area contributed by atoms with Crippen LogP contribution in [0.25, 0.3) is 0 Å². The van der Waals surface area contributed by atoms with Crippen LogP contribution in [0.2, 0.25) is 0 Å². The molecule has 0 amide bonds. The molecular formula is C29H32N2O4. The Hall–Kier alpha value is -3.67. The van der Waals surface area contributed by atoms with Crippen LogP contribution >= 0.6 is 0 Å². The predicted molar refractivity (Wildman–Crippen MR) is 137 cm³/mol. The van der Waals surface area contributed by atoms with Crippen LogP contribution in [0.15, 0.2) is 71.8 Å². The maximum Gasteiger partial charge on any atom is 0.214 e. The monoisotopic (exact) mass is 472 g/mol. The number of nitrogens with zero attached hydrogens (tertiary/aromatic N) is 2. The number of hydrogen-bond acceptors (Lipinski definition) is 6. The Kier molecular flexibility index (Phi) is 6.80. The molecule has 0 spiro atoms. The summed E-state index contributed by atoms with van der Waals surface area (Å²) in [6.07, 6.45) is 3.78. The summed E-state index contributed by atoms with van der Waals surface area (Å²) in [6, 6.07) is 22.4. The van der Waals surface area contributed by atoms with Gasteiger partial charge in [-0.1, -0.05) is 38.0 Å². The van der Waals surface area contributed by atoms with Crippen LogP contribution in [-0.4, -0.2) is 31.5 Å². The second-order valence-electron chi connectivity index (χ2n) is 8.85. The van der Waals surface area contributed by atoms with Gasteiger partial charge in [-0.2, -0.15) is 5.10 Å². The largest absolute Gasteiger partial charge is 0.497 e. The summed E-state index contributed by atoms with van der Waals surface area (Å²) in [5, 5.41) is 7.13. The molecule has 3 aromatic rings. The molecule has 0 fully saturated rings. The van der Waals surface area contributed by atoms with Gasteiger partial charge in [0.15, 0.2) is 11.5 Å². The number of unbranched alkanes of at least 4 members (excludes halogenated alkanes) is 2. The fourth-order valence-electron chi connectivity index (χ4n) is 4.70. The van der Waals surface area contributed by atoms with Crippen LogP contribution in [0.5, 0.6) is 23.0 Å². The van der Waals surface area contributed by atoms with Gasteiger partial charge >= 0.3 is 0 Å². The highest BCUT2D eigenvalue weighted by Gasteiger charge is 2.41. The van der Waals surface area contributed by atoms with Crippen molar-refractivity contribution in [3.05, 3.63) is 83.4 Å². The van der Waals surface area contributed by atoms with Crippen molar-refractivity contribution in [3.8, 4) is 23.0 Å². The molecule has 2 unspecified atom stereocenters. The number of ether oxygens (including phenoxy) is 4. The van der Waals surface area contributed by atoms with Crippen molar-refractivity contribution in [1.82, 2.24) is 5.01 Å². The van der Waals surface area contributed by atoms with Gasteiger partial charge in [0.2, 0.25) is 6.23 Å². The van der Waals surface area contributed by atoms with Crippen molar-refractivity contribution >= 4 is 5.71 Å². The van der Waals surface area contributed by atoms with Crippen LogP contribution in [0, 0.1) is 0 Å². The molecule has 5 rings (SSSR count). The van der Waals surface area contributed by atoms with Crippen molar-refractivity contribution in [2.45, 2.75) is 44.9 Å². The average Bonchev–Trinajstić information content (AvgIpc) is 3.36. The maximum atomic E-state index is 6.51. The molecule has 2 aliphatic heterocycles. The molecule has 0 saturated heterocycles. The number of methoxy groups -OCH3 is 2. The minimum absolute atomic E-state index is 0.0954. The molecule has 6 nitrogen and oxygen atoms in total. The number of rotatable bonds is 9. The van der Waals surface area contributed by atoms with E-state index in [1.165, 1.54) is 0 Å². The summed E-state index contributed by atoms with van der Waals surface area (Å²) in [6.45, 7) is 2.87. The van der Waals surface area contributed by atoms with Gasteiger partial charge in [0.05, 0.1) is 32.6 Å². The van der Waals surface area contributed by atoms with Gasteiger partial charge in [-0.3, -0.25) is 0 Å². The molecule has 3 aromatic carbocycles. The van der Waals surface area contributed by atoms with Gasteiger partial charge in [0.25, 0.3) is 0 Å². The molecule has 0 radical (unpaired) electrons. The first-order chi connectivity index (χ1) is 17.2. The van der Waals surface area contributed by atoms with E-state index in [4.69, 9.17) is 24.0 Å². The molecule has 2 aliphatic rings. The highest BCUT2D eigenvalue weighted by molar-refractivity contribution is 6.02. The van der Waals surface area contributed by atoms with Crippen LogP contribution in [0.1, 0.15) is 61.6 Å². The van der Waals surface area contributed by atoms with Crippen molar-refractivity contribution in [1.29, 1.82) is 0 Å². The SMILES string of the molecule is CCCCCOc1ccc(C2Oc3ccccc3C3CC(c4ccc(OC)cc4)=NN32)cc1OC. The fourth-order valence-corrected chi connectivity index (χ4v) is 4.70. The first kappa shape index (κ1) is 23.1.